The van der Waals surface area contributed by atoms with Crippen molar-refractivity contribution in [3.8, 4) is 40.2 Å². The van der Waals surface area contributed by atoms with Crippen LogP contribution in [-0.4, -0.2) is 45.5 Å². The maximum absolute atomic E-state index is 12.0. The van der Waals surface area contributed by atoms with Crippen LogP contribution in [0.15, 0.2) is 67.5 Å². The van der Waals surface area contributed by atoms with Crippen molar-refractivity contribution in [1.29, 1.82) is 0 Å². The molecule has 6 rings (SSSR count). The van der Waals surface area contributed by atoms with Crippen LogP contribution in [0.5, 0.6) is 17.2 Å². The highest BCUT2D eigenvalue weighted by Crippen LogP contribution is 2.51. The molecule has 190 valence electrons. The van der Waals surface area contributed by atoms with Crippen molar-refractivity contribution in [3.63, 3.8) is 0 Å². The number of hydrogen-bond acceptors (Lipinski definition) is 6. The lowest BCUT2D eigenvalue weighted by atomic mass is 10.0. The molecule has 1 saturated carbocycles. The van der Waals surface area contributed by atoms with Crippen LogP contribution < -0.4 is 15.2 Å². The number of benzene rings is 2. The summed E-state index contributed by atoms with van der Waals surface area (Å²) in [6, 6.07) is 15.3. The molecule has 1 amide bonds. The Hall–Kier alpha value is -4.77. The van der Waals surface area contributed by atoms with E-state index in [1.165, 1.54) is 12.4 Å². The standard InChI is InChI=1S/C30H27N5O3/c1-4-26(36)35-15-22-20(23(22)16-35)12-13-24-27(28-29(31)32-17-33-30(28)34(24)2)21-11-10-19(14-25(21)37-3)38-18-8-6-5-7-9-18/h4-11,14,17,20,22-23H,1,15-16H2,2-3H3,(H2,31,32,33)/t20-,22-,23+. The molecule has 3 atom stereocenters. The van der Waals surface area contributed by atoms with Crippen LogP contribution in [0.3, 0.4) is 0 Å². The molecule has 2 N–H and O–H groups in total. The molecule has 2 fully saturated rings. The first-order valence-corrected chi connectivity index (χ1v) is 12.4. The van der Waals surface area contributed by atoms with Crippen molar-refractivity contribution < 1.29 is 14.3 Å². The van der Waals surface area contributed by atoms with Gasteiger partial charge in [-0.15, -0.1) is 0 Å². The number of nitrogens with zero attached hydrogens (tertiary/aromatic N) is 4. The minimum absolute atomic E-state index is 0.0132. The van der Waals surface area contributed by atoms with Gasteiger partial charge in [0.1, 0.15) is 40.7 Å². The molecule has 38 heavy (non-hydrogen) atoms. The van der Waals surface area contributed by atoms with Gasteiger partial charge in [0.15, 0.2) is 0 Å². The van der Waals surface area contributed by atoms with Crippen LogP contribution in [0.25, 0.3) is 22.2 Å². The molecule has 8 heteroatoms. The second-order valence-electron chi connectivity index (χ2n) is 9.59. The molecule has 0 bridgehead atoms. The number of rotatable bonds is 5. The molecule has 2 aliphatic rings. The molecule has 1 aliphatic heterocycles. The number of amides is 1. The fourth-order valence-corrected chi connectivity index (χ4v) is 5.45. The lowest BCUT2D eigenvalue weighted by molar-refractivity contribution is -0.125. The van der Waals surface area contributed by atoms with Gasteiger partial charge in [0.25, 0.3) is 0 Å². The van der Waals surface area contributed by atoms with Crippen LogP contribution in [-0.2, 0) is 11.8 Å². The number of ether oxygens (including phenoxy) is 2. The number of piperidine rings is 1. The lowest BCUT2D eigenvalue weighted by Crippen LogP contribution is -2.29. The summed E-state index contributed by atoms with van der Waals surface area (Å²) in [5, 5.41) is 0.730. The quantitative estimate of drug-likeness (QED) is 0.322. The molecule has 0 radical (unpaired) electrons. The Bertz CT molecular complexity index is 1620. The minimum atomic E-state index is -0.0132. The number of methoxy groups -OCH3 is 1. The monoisotopic (exact) mass is 505 g/mol. The Morgan fingerprint density at radius 3 is 2.61 bits per heavy atom. The topological polar surface area (TPSA) is 95.5 Å². The highest BCUT2D eigenvalue weighted by Gasteiger charge is 2.55. The van der Waals surface area contributed by atoms with Gasteiger partial charge in [-0.3, -0.25) is 4.79 Å². The largest absolute Gasteiger partial charge is 0.496 e. The predicted octanol–water partition coefficient (Wildman–Crippen LogP) is 4.26. The number of aromatic nitrogens is 3. The van der Waals surface area contributed by atoms with Crippen LogP contribution in [0.1, 0.15) is 5.69 Å². The summed E-state index contributed by atoms with van der Waals surface area (Å²) in [5.74, 6) is 10.3. The van der Waals surface area contributed by atoms with E-state index in [4.69, 9.17) is 15.2 Å². The van der Waals surface area contributed by atoms with E-state index >= 15 is 0 Å². The van der Waals surface area contributed by atoms with Gasteiger partial charge in [0, 0.05) is 43.2 Å². The summed E-state index contributed by atoms with van der Waals surface area (Å²) >= 11 is 0. The first kappa shape index (κ1) is 23.6. The first-order chi connectivity index (χ1) is 18.5. The zero-order chi connectivity index (χ0) is 26.4. The number of fused-ring (bicyclic) bond motifs is 2. The SMILES string of the molecule is C=CC(=O)N1C[C@@H]2[C@@H](C#Cc3c(-c4ccc(Oc5ccccc5)cc4OC)c4c(N)ncnc4n3C)[C@@H]2C1. The van der Waals surface area contributed by atoms with Crippen molar-refractivity contribution in [2.45, 2.75) is 0 Å². The van der Waals surface area contributed by atoms with E-state index in [-0.39, 0.29) is 11.8 Å². The van der Waals surface area contributed by atoms with Crippen LogP contribution >= 0.6 is 0 Å². The maximum atomic E-state index is 12.0. The van der Waals surface area contributed by atoms with E-state index in [0.29, 0.717) is 34.8 Å². The Labute approximate surface area is 220 Å². The predicted molar refractivity (Wildman–Crippen MR) is 146 cm³/mol. The average molecular weight is 506 g/mol. The number of para-hydroxylation sites is 1. The van der Waals surface area contributed by atoms with Gasteiger partial charge in [-0.1, -0.05) is 30.7 Å². The molecule has 1 aliphatic carbocycles. The number of nitrogen functional groups attached to an aromatic ring is 1. The summed E-state index contributed by atoms with van der Waals surface area (Å²) in [6.07, 6.45) is 2.84. The molecule has 8 nitrogen and oxygen atoms in total. The molecule has 0 unspecified atom stereocenters. The normalized spacial score (nSPS) is 19.4. The number of nitrogens with two attached hydrogens (primary N) is 1. The zero-order valence-electron chi connectivity index (χ0n) is 21.2. The summed E-state index contributed by atoms with van der Waals surface area (Å²) in [5.41, 5.74) is 9.50. The lowest BCUT2D eigenvalue weighted by Gasteiger charge is -2.16. The summed E-state index contributed by atoms with van der Waals surface area (Å²) in [7, 11) is 3.56. The van der Waals surface area contributed by atoms with Gasteiger partial charge in [-0.25, -0.2) is 9.97 Å². The van der Waals surface area contributed by atoms with E-state index < -0.39 is 0 Å². The van der Waals surface area contributed by atoms with E-state index in [9.17, 15) is 4.79 Å². The van der Waals surface area contributed by atoms with Crippen molar-refractivity contribution in [2.75, 3.05) is 25.9 Å². The third-order valence-corrected chi connectivity index (χ3v) is 7.46. The van der Waals surface area contributed by atoms with Crippen LogP contribution in [0, 0.1) is 29.6 Å². The second kappa shape index (κ2) is 9.27. The van der Waals surface area contributed by atoms with E-state index in [1.54, 1.807) is 7.11 Å². The molecule has 4 aromatic rings. The zero-order valence-corrected chi connectivity index (χ0v) is 21.2. The molecule has 3 heterocycles. The van der Waals surface area contributed by atoms with Gasteiger partial charge in [-0.2, -0.15) is 0 Å². The van der Waals surface area contributed by atoms with E-state index in [0.717, 1.165) is 41.0 Å². The van der Waals surface area contributed by atoms with Gasteiger partial charge < -0.3 is 24.7 Å². The highest BCUT2D eigenvalue weighted by atomic mass is 16.5. The van der Waals surface area contributed by atoms with Crippen molar-refractivity contribution in [1.82, 2.24) is 19.4 Å². The third-order valence-electron chi connectivity index (χ3n) is 7.46. The minimum Gasteiger partial charge on any atom is -0.496 e. The van der Waals surface area contributed by atoms with E-state index in [2.05, 4.69) is 28.4 Å². The van der Waals surface area contributed by atoms with Crippen molar-refractivity contribution in [2.24, 2.45) is 24.8 Å². The van der Waals surface area contributed by atoms with Crippen molar-refractivity contribution >= 4 is 22.8 Å². The third kappa shape index (κ3) is 3.93. The second-order valence-corrected chi connectivity index (χ2v) is 9.59. The summed E-state index contributed by atoms with van der Waals surface area (Å²) in [4.78, 5) is 22.6. The van der Waals surface area contributed by atoms with Gasteiger partial charge in [0.2, 0.25) is 5.91 Å². The molecule has 2 aromatic carbocycles. The molecule has 0 spiro atoms. The molecular formula is C30H27N5O3. The van der Waals surface area contributed by atoms with Gasteiger partial charge >= 0.3 is 0 Å². The summed E-state index contributed by atoms with van der Waals surface area (Å²) < 4.78 is 13.8. The van der Waals surface area contributed by atoms with Crippen LogP contribution in [0.2, 0.25) is 0 Å². The summed E-state index contributed by atoms with van der Waals surface area (Å²) in [6.45, 7) is 5.05. The fourth-order valence-electron chi connectivity index (χ4n) is 5.45. The average Bonchev–Trinajstić information content (AvgIpc) is 3.25. The highest BCUT2D eigenvalue weighted by molar-refractivity contribution is 6.04. The Balaban J connectivity index is 1.40. The fraction of sp³-hybridized carbons (Fsp3) is 0.233. The smallest absolute Gasteiger partial charge is 0.245 e. The number of hydrogen-bond donors (Lipinski definition) is 1. The van der Waals surface area contributed by atoms with E-state index in [1.807, 2.05) is 65.0 Å². The first-order valence-electron chi connectivity index (χ1n) is 12.4. The maximum Gasteiger partial charge on any atom is 0.245 e. The Kier molecular flexibility index (Phi) is 5.76. The van der Waals surface area contributed by atoms with Gasteiger partial charge in [0.05, 0.1) is 12.5 Å². The van der Waals surface area contributed by atoms with Gasteiger partial charge in [-0.05, 0) is 48.1 Å². The molecular weight excluding hydrogens is 478 g/mol. The number of likely N-dealkylation sites (tertiary alicyclic amines) is 1. The number of carbonyl (C=O) groups is 1. The van der Waals surface area contributed by atoms with Crippen molar-refractivity contribution in [3.05, 3.63) is 73.2 Å². The molecule has 1 saturated heterocycles. The Morgan fingerprint density at radius 1 is 1.13 bits per heavy atom. The number of anilines is 1. The number of carbonyl (C=O) groups excluding carboxylic acids is 1. The molecule has 2 aromatic heterocycles. The van der Waals surface area contributed by atoms with Crippen LogP contribution in [0.4, 0.5) is 5.82 Å². The number of aryl methyl sites for hydroxylation is 1. The Morgan fingerprint density at radius 2 is 1.89 bits per heavy atom.